The number of rotatable bonds is 4. The van der Waals surface area contributed by atoms with E-state index in [0.717, 1.165) is 40.8 Å². The Morgan fingerprint density at radius 2 is 2.05 bits per heavy atom. The van der Waals surface area contributed by atoms with E-state index in [1.807, 2.05) is 55.5 Å². The number of ether oxygens (including phenoxy) is 1. The molecule has 1 aliphatic carbocycles. The summed E-state index contributed by atoms with van der Waals surface area (Å²) in [4.78, 5) is 11.5. The Kier molecular flexibility index (Phi) is 3.96. The first-order chi connectivity index (χ1) is 10.7. The molecule has 2 aromatic carbocycles. The van der Waals surface area contributed by atoms with Gasteiger partial charge in [-0.3, -0.25) is 0 Å². The zero-order chi connectivity index (χ0) is 15.5. The van der Waals surface area contributed by atoms with Crippen molar-refractivity contribution in [2.45, 2.75) is 26.4 Å². The van der Waals surface area contributed by atoms with Gasteiger partial charge < -0.3 is 9.84 Å². The molecule has 0 fully saturated rings. The van der Waals surface area contributed by atoms with Gasteiger partial charge in [0.05, 0.1) is 5.56 Å². The number of hydrogen-bond acceptors (Lipinski definition) is 2. The minimum Gasteiger partial charge on any atom is -0.489 e. The molecule has 0 aromatic heterocycles. The van der Waals surface area contributed by atoms with E-state index in [0.29, 0.717) is 12.2 Å². The minimum atomic E-state index is -0.880. The number of aromatic carboxylic acids is 1. The lowest BCUT2D eigenvalue weighted by Gasteiger charge is -2.20. The Bertz CT molecular complexity index is 730. The van der Waals surface area contributed by atoms with Gasteiger partial charge in [0.15, 0.2) is 0 Å². The molecule has 2 aromatic rings. The predicted octanol–water partition coefficient (Wildman–Crippen LogP) is 4.23. The Hall–Kier alpha value is -2.55. The summed E-state index contributed by atoms with van der Waals surface area (Å²) in [5.74, 6) is -0.0828. The molecule has 1 N–H and O–H groups in total. The van der Waals surface area contributed by atoms with Crippen molar-refractivity contribution in [2.24, 2.45) is 0 Å². The van der Waals surface area contributed by atoms with E-state index in [4.69, 9.17) is 4.74 Å². The molecule has 112 valence electrons. The molecule has 0 unspecified atom stereocenters. The topological polar surface area (TPSA) is 46.5 Å². The van der Waals surface area contributed by atoms with Gasteiger partial charge in [-0.05, 0) is 42.5 Å². The summed E-state index contributed by atoms with van der Waals surface area (Å²) in [5.41, 5.74) is 4.02. The number of aryl methyl sites for hydroxylation is 1. The smallest absolute Gasteiger partial charge is 0.336 e. The second-order valence-electron chi connectivity index (χ2n) is 5.48. The molecular weight excluding hydrogens is 276 g/mol. The van der Waals surface area contributed by atoms with Crippen LogP contribution >= 0.6 is 0 Å². The molecule has 3 rings (SSSR count). The second kappa shape index (κ2) is 6.06. The molecule has 22 heavy (non-hydrogen) atoms. The van der Waals surface area contributed by atoms with Gasteiger partial charge in [-0.2, -0.15) is 0 Å². The van der Waals surface area contributed by atoms with Gasteiger partial charge in [0.1, 0.15) is 12.4 Å². The number of carboxylic acids is 1. The maximum absolute atomic E-state index is 11.5. The van der Waals surface area contributed by atoms with Crippen LogP contribution in [-0.2, 0) is 13.0 Å². The molecule has 0 heterocycles. The van der Waals surface area contributed by atoms with Gasteiger partial charge in [0.2, 0.25) is 0 Å². The Morgan fingerprint density at radius 1 is 1.27 bits per heavy atom. The van der Waals surface area contributed by atoms with Crippen LogP contribution in [0.2, 0.25) is 0 Å². The van der Waals surface area contributed by atoms with Gasteiger partial charge in [-0.25, -0.2) is 4.79 Å². The number of carbonyl (C=O) groups is 1. The average Bonchev–Trinajstić information content (AvgIpc) is 2.53. The SMILES string of the molecule is Cc1cc(OCc2ccccc2)c2c(c1C(=O)O)C=CCC2. The molecule has 0 amide bonds. The summed E-state index contributed by atoms with van der Waals surface area (Å²) >= 11 is 0. The number of benzene rings is 2. The fraction of sp³-hybridized carbons (Fsp3) is 0.211. The van der Waals surface area contributed by atoms with Crippen molar-refractivity contribution in [3.63, 3.8) is 0 Å². The van der Waals surface area contributed by atoms with Crippen LogP contribution in [0.1, 0.15) is 39.0 Å². The summed E-state index contributed by atoms with van der Waals surface area (Å²) in [7, 11) is 0. The van der Waals surface area contributed by atoms with E-state index in [1.165, 1.54) is 0 Å². The number of fused-ring (bicyclic) bond motifs is 1. The minimum absolute atomic E-state index is 0.387. The van der Waals surface area contributed by atoms with Crippen LogP contribution in [0.25, 0.3) is 6.08 Å². The van der Waals surface area contributed by atoms with Crippen molar-refractivity contribution in [2.75, 3.05) is 0 Å². The highest BCUT2D eigenvalue weighted by Gasteiger charge is 2.21. The summed E-state index contributed by atoms with van der Waals surface area (Å²) < 4.78 is 5.98. The van der Waals surface area contributed by atoms with Gasteiger partial charge in [0.25, 0.3) is 0 Å². The standard InChI is InChI=1S/C19H18O3/c1-13-11-17(22-12-14-7-3-2-4-8-14)15-9-5-6-10-16(15)18(13)19(20)21/h2-4,6-8,10-11H,5,9,12H2,1H3,(H,20,21). The fourth-order valence-electron chi connectivity index (χ4n) is 2.87. The lowest BCUT2D eigenvalue weighted by Crippen LogP contribution is -2.10. The Balaban J connectivity index is 1.97. The third kappa shape index (κ3) is 2.75. The highest BCUT2D eigenvalue weighted by Crippen LogP contribution is 2.34. The van der Waals surface area contributed by atoms with E-state index in [2.05, 4.69) is 0 Å². The Labute approximate surface area is 129 Å². The number of carboxylic acid groups (broad SMARTS) is 1. The monoisotopic (exact) mass is 294 g/mol. The van der Waals surface area contributed by atoms with Gasteiger partial charge >= 0.3 is 5.97 Å². The van der Waals surface area contributed by atoms with Gasteiger partial charge in [0, 0.05) is 5.56 Å². The van der Waals surface area contributed by atoms with Crippen molar-refractivity contribution in [1.29, 1.82) is 0 Å². The quantitative estimate of drug-likeness (QED) is 0.917. The summed E-state index contributed by atoms with van der Waals surface area (Å²) in [5, 5.41) is 9.45. The lowest BCUT2D eigenvalue weighted by atomic mass is 9.89. The zero-order valence-corrected chi connectivity index (χ0v) is 12.5. The van der Waals surface area contributed by atoms with Crippen LogP contribution < -0.4 is 4.74 Å². The molecule has 0 bridgehead atoms. The predicted molar refractivity (Wildman–Crippen MR) is 86.3 cm³/mol. The first kappa shape index (κ1) is 14.4. The van der Waals surface area contributed by atoms with Crippen LogP contribution in [0.15, 0.2) is 42.5 Å². The molecule has 0 spiro atoms. The van der Waals surface area contributed by atoms with Crippen LogP contribution in [0.3, 0.4) is 0 Å². The van der Waals surface area contributed by atoms with E-state index in [9.17, 15) is 9.90 Å². The first-order valence-corrected chi connectivity index (χ1v) is 7.40. The van der Waals surface area contributed by atoms with Crippen molar-refractivity contribution in [1.82, 2.24) is 0 Å². The highest BCUT2D eigenvalue weighted by molar-refractivity contribution is 5.95. The maximum Gasteiger partial charge on any atom is 0.336 e. The van der Waals surface area contributed by atoms with E-state index in [1.54, 1.807) is 0 Å². The molecule has 3 nitrogen and oxygen atoms in total. The molecule has 0 saturated heterocycles. The van der Waals surface area contributed by atoms with Crippen LogP contribution in [0.4, 0.5) is 0 Å². The fourth-order valence-corrected chi connectivity index (χ4v) is 2.87. The third-order valence-corrected chi connectivity index (χ3v) is 3.93. The van der Waals surface area contributed by atoms with Crippen molar-refractivity contribution in [3.05, 3.63) is 70.3 Å². The molecule has 0 saturated carbocycles. The molecule has 1 aliphatic rings. The maximum atomic E-state index is 11.5. The number of hydrogen-bond donors (Lipinski definition) is 1. The molecule has 0 radical (unpaired) electrons. The Morgan fingerprint density at radius 3 is 2.77 bits per heavy atom. The molecule has 3 heteroatoms. The molecular formula is C19H18O3. The van der Waals surface area contributed by atoms with Gasteiger partial charge in [-0.15, -0.1) is 0 Å². The third-order valence-electron chi connectivity index (χ3n) is 3.93. The normalized spacial score (nSPS) is 12.8. The van der Waals surface area contributed by atoms with Gasteiger partial charge in [-0.1, -0.05) is 42.5 Å². The van der Waals surface area contributed by atoms with E-state index in [-0.39, 0.29) is 0 Å². The summed E-state index contributed by atoms with van der Waals surface area (Å²) in [6.45, 7) is 2.31. The van der Waals surface area contributed by atoms with E-state index < -0.39 is 5.97 Å². The van der Waals surface area contributed by atoms with Crippen LogP contribution in [-0.4, -0.2) is 11.1 Å². The van der Waals surface area contributed by atoms with Crippen LogP contribution in [0.5, 0.6) is 5.75 Å². The zero-order valence-electron chi connectivity index (χ0n) is 12.5. The van der Waals surface area contributed by atoms with E-state index >= 15 is 0 Å². The van der Waals surface area contributed by atoms with Crippen molar-refractivity contribution < 1.29 is 14.6 Å². The highest BCUT2D eigenvalue weighted by atomic mass is 16.5. The number of allylic oxidation sites excluding steroid dienone is 1. The lowest BCUT2D eigenvalue weighted by molar-refractivity contribution is 0.0695. The summed E-state index contributed by atoms with van der Waals surface area (Å²) in [6, 6.07) is 11.8. The van der Waals surface area contributed by atoms with Crippen LogP contribution in [0, 0.1) is 6.92 Å². The second-order valence-corrected chi connectivity index (χ2v) is 5.48. The average molecular weight is 294 g/mol. The summed E-state index contributed by atoms with van der Waals surface area (Å²) in [6.07, 6.45) is 5.66. The molecule has 0 aliphatic heterocycles. The first-order valence-electron chi connectivity index (χ1n) is 7.40. The van der Waals surface area contributed by atoms with Crippen molar-refractivity contribution in [3.8, 4) is 5.75 Å². The molecule has 0 atom stereocenters. The largest absolute Gasteiger partial charge is 0.489 e. The van der Waals surface area contributed by atoms with Crippen molar-refractivity contribution >= 4 is 12.0 Å².